The summed E-state index contributed by atoms with van der Waals surface area (Å²) in [7, 11) is 1.49. The third-order valence-corrected chi connectivity index (χ3v) is 5.49. The molecular formula is C21H22Cl2N4O3. The monoisotopic (exact) mass is 448 g/mol. The van der Waals surface area contributed by atoms with E-state index in [4.69, 9.17) is 23.2 Å². The Labute approximate surface area is 184 Å². The molecule has 0 spiro atoms. The van der Waals surface area contributed by atoms with Gasteiger partial charge in [-0.2, -0.15) is 0 Å². The Kier molecular flexibility index (Phi) is 7.18. The van der Waals surface area contributed by atoms with Crippen molar-refractivity contribution in [3.8, 4) is 0 Å². The second kappa shape index (κ2) is 9.82. The summed E-state index contributed by atoms with van der Waals surface area (Å²) in [6.45, 7) is 0.425. The van der Waals surface area contributed by atoms with Crippen molar-refractivity contribution < 1.29 is 14.4 Å². The van der Waals surface area contributed by atoms with E-state index in [2.05, 4.69) is 27.3 Å². The number of benzene rings is 2. The number of carbonyl (C=O) groups excluding carboxylic acids is 3. The average molecular weight is 449 g/mol. The lowest BCUT2D eigenvalue weighted by atomic mass is 10.1. The van der Waals surface area contributed by atoms with Crippen LogP contribution in [0.15, 0.2) is 36.4 Å². The molecule has 30 heavy (non-hydrogen) atoms. The Morgan fingerprint density at radius 2 is 1.67 bits per heavy atom. The predicted molar refractivity (Wildman–Crippen MR) is 116 cm³/mol. The van der Waals surface area contributed by atoms with Gasteiger partial charge in [0.25, 0.3) is 11.8 Å². The van der Waals surface area contributed by atoms with Crippen LogP contribution < -0.4 is 21.3 Å². The minimum atomic E-state index is -0.486. The highest BCUT2D eigenvalue weighted by Gasteiger charge is 2.23. The fraction of sp³-hybridized carbons (Fsp3) is 0.286. The van der Waals surface area contributed by atoms with Crippen LogP contribution in [0.25, 0.3) is 0 Å². The van der Waals surface area contributed by atoms with E-state index in [-0.39, 0.29) is 52.2 Å². The summed E-state index contributed by atoms with van der Waals surface area (Å²) in [6, 6.07) is 10.5. The van der Waals surface area contributed by atoms with Gasteiger partial charge in [0, 0.05) is 25.7 Å². The molecule has 0 aliphatic heterocycles. The molecule has 3 rings (SSSR count). The highest BCUT2D eigenvalue weighted by atomic mass is 35.5. The first-order chi connectivity index (χ1) is 14.4. The Morgan fingerprint density at radius 1 is 1.00 bits per heavy atom. The molecular weight excluding hydrogens is 427 g/mol. The van der Waals surface area contributed by atoms with Gasteiger partial charge in [0.2, 0.25) is 0 Å². The SMILES string of the molecule is CNC(=O)c1cc(Cl)c(C(=O)NCCNC(=O)N[C@@H]2CCc3ccccc32)c(Cl)c1. The van der Waals surface area contributed by atoms with Crippen LogP contribution in [0.5, 0.6) is 0 Å². The highest BCUT2D eigenvalue weighted by Crippen LogP contribution is 2.30. The maximum absolute atomic E-state index is 12.4. The molecule has 0 bridgehead atoms. The molecule has 0 fully saturated rings. The fourth-order valence-electron chi connectivity index (χ4n) is 3.42. The second-order valence-corrected chi connectivity index (χ2v) is 7.65. The van der Waals surface area contributed by atoms with Crippen molar-refractivity contribution in [3.05, 3.63) is 68.7 Å². The summed E-state index contributed by atoms with van der Waals surface area (Å²) in [5, 5.41) is 10.9. The van der Waals surface area contributed by atoms with Crippen LogP contribution in [0.1, 0.15) is 44.3 Å². The Morgan fingerprint density at radius 3 is 2.37 bits per heavy atom. The minimum absolute atomic E-state index is 0.00719. The van der Waals surface area contributed by atoms with Gasteiger partial charge in [0.1, 0.15) is 0 Å². The summed E-state index contributed by atoms with van der Waals surface area (Å²) in [6.07, 6.45) is 1.81. The minimum Gasteiger partial charge on any atom is -0.355 e. The van der Waals surface area contributed by atoms with Gasteiger partial charge in [-0.3, -0.25) is 9.59 Å². The van der Waals surface area contributed by atoms with Gasteiger partial charge >= 0.3 is 6.03 Å². The number of nitrogens with one attached hydrogen (secondary N) is 4. The van der Waals surface area contributed by atoms with Crippen molar-refractivity contribution in [1.82, 2.24) is 21.3 Å². The van der Waals surface area contributed by atoms with Crippen molar-refractivity contribution in [3.63, 3.8) is 0 Å². The number of fused-ring (bicyclic) bond motifs is 1. The summed E-state index contributed by atoms with van der Waals surface area (Å²) in [5.41, 5.74) is 2.74. The first kappa shape index (κ1) is 21.9. The van der Waals surface area contributed by atoms with E-state index in [0.29, 0.717) is 0 Å². The lowest BCUT2D eigenvalue weighted by Gasteiger charge is -2.15. The molecule has 0 saturated heterocycles. The number of rotatable bonds is 6. The lowest BCUT2D eigenvalue weighted by Crippen LogP contribution is -2.41. The number of hydrogen-bond acceptors (Lipinski definition) is 3. The van der Waals surface area contributed by atoms with E-state index < -0.39 is 5.91 Å². The van der Waals surface area contributed by atoms with Crippen LogP contribution in [0.4, 0.5) is 4.79 Å². The number of halogens is 2. The molecule has 1 atom stereocenters. The Bertz CT molecular complexity index is 957. The fourth-order valence-corrected chi connectivity index (χ4v) is 4.08. The summed E-state index contributed by atoms with van der Waals surface area (Å²) in [5.74, 6) is -0.841. The third kappa shape index (κ3) is 5.04. The molecule has 4 amide bonds. The molecule has 7 nitrogen and oxygen atoms in total. The molecule has 0 radical (unpaired) electrons. The smallest absolute Gasteiger partial charge is 0.315 e. The first-order valence-electron chi connectivity index (χ1n) is 9.52. The molecule has 0 unspecified atom stereocenters. The topological polar surface area (TPSA) is 99.3 Å². The van der Waals surface area contributed by atoms with E-state index in [1.807, 2.05) is 18.2 Å². The molecule has 9 heteroatoms. The van der Waals surface area contributed by atoms with Gasteiger partial charge in [-0.1, -0.05) is 47.5 Å². The second-order valence-electron chi connectivity index (χ2n) is 6.84. The van der Waals surface area contributed by atoms with Crippen molar-refractivity contribution in [2.45, 2.75) is 18.9 Å². The van der Waals surface area contributed by atoms with Gasteiger partial charge in [-0.15, -0.1) is 0 Å². The summed E-state index contributed by atoms with van der Waals surface area (Å²) in [4.78, 5) is 36.2. The molecule has 1 aliphatic rings. The van der Waals surface area contributed by atoms with Crippen molar-refractivity contribution in [2.75, 3.05) is 20.1 Å². The number of carbonyl (C=O) groups is 3. The van der Waals surface area contributed by atoms with Crippen LogP contribution in [-0.2, 0) is 6.42 Å². The number of hydrogen-bond donors (Lipinski definition) is 4. The Balaban J connectivity index is 1.47. The predicted octanol–water partition coefficient (Wildman–Crippen LogP) is 3.07. The van der Waals surface area contributed by atoms with Crippen LogP contribution in [-0.4, -0.2) is 38.0 Å². The quantitative estimate of drug-likeness (QED) is 0.510. The third-order valence-electron chi connectivity index (χ3n) is 4.89. The lowest BCUT2D eigenvalue weighted by molar-refractivity contribution is 0.0946. The standard InChI is InChI=1S/C21H22Cl2N4O3/c1-24-19(28)13-10-15(22)18(16(23)11-13)20(29)25-8-9-26-21(30)27-17-7-6-12-4-2-3-5-14(12)17/h2-5,10-11,17H,6-9H2,1H3,(H,24,28)(H,25,29)(H2,26,27,30)/t17-/m1/s1. The van der Waals surface area contributed by atoms with E-state index in [0.717, 1.165) is 18.4 Å². The summed E-state index contributed by atoms with van der Waals surface area (Å²) < 4.78 is 0. The molecule has 0 saturated carbocycles. The molecule has 2 aromatic rings. The number of amides is 4. The molecule has 4 N–H and O–H groups in total. The maximum Gasteiger partial charge on any atom is 0.315 e. The van der Waals surface area contributed by atoms with Crippen molar-refractivity contribution >= 4 is 41.0 Å². The largest absolute Gasteiger partial charge is 0.355 e. The maximum atomic E-state index is 12.4. The molecule has 2 aromatic carbocycles. The first-order valence-corrected chi connectivity index (χ1v) is 10.3. The van der Waals surface area contributed by atoms with E-state index in [1.165, 1.54) is 24.7 Å². The Hall–Kier alpha value is -2.77. The summed E-state index contributed by atoms with van der Waals surface area (Å²) >= 11 is 12.3. The van der Waals surface area contributed by atoms with Gasteiger partial charge in [0.05, 0.1) is 21.7 Å². The van der Waals surface area contributed by atoms with Crippen LogP contribution in [0.3, 0.4) is 0 Å². The van der Waals surface area contributed by atoms with Gasteiger partial charge in [0.15, 0.2) is 0 Å². The molecule has 1 aliphatic carbocycles. The number of urea groups is 1. The van der Waals surface area contributed by atoms with Gasteiger partial charge < -0.3 is 21.3 Å². The zero-order valence-electron chi connectivity index (χ0n) is 16.4. The van der Waals surface area contributed by atoms with Gasteiger partial charge in [-0.05, 0) is 36.1 Å². The van der Waals surface area contributed by atoms with Crippen molar-refractivity contribution in [1.29, 1.82) is 0 Å². The van der Waals surface area contributed by atoms with Crippen LogP contribution in [0, 0.1) is 0 Å². The van der Waals surface area contributed by atoms with Crippen LogP contribution >= 0.6 is 23.2 Å². The zero-order valence-corrected chi connectivity index (χ0v) is 17.9. The zero-order chi connectivity index (χ0) is 21.7. The normalized spacial score (nSPS) is 14.6. The number of aryl methyl sites for hydroxylation is 1. The van der Waals surface area contributed by atoms with E-state index >= 15 is 0 Å². The van der Waals surface area contributed by atoms with Crippen molar-refractivity contribution in [2.24, 2.45) is 0 Å². The average Bonchev–Trinajstić information content (AvgIpc) is 3.13. The molecule has 0 heterocycles. The molecule has 158 valence electrons. The highest BCUT2D eigenvalue weighted by molar-refractivity contribution is 6.40. The molecule has 0 aromatic heterocycles. The van der Waals surface area contributed by atoms with E-state index in [9.17, 15) is 14.4 Å². The van der Waals surface area contributed by atoms with Crippen LogP contribution in [0.2, 0.25) is 10.0 Å². The van der Waals surface area contributed by atoms with Gasteiger partial charge in [-0.25, -0.2) is 4.79 Å². The van der Waals surface area contributed by atoms with E-state index in [1.54, 1.807) is 0 Å².